The highest BCUT2D eigenvalue weighted by molar-refractivity contribution is 5.85. The Labute approximate surface area is 111 Å². The van der Waals surface area contributed by atoms with Gasteiger partial charge >= 0.3 is 0 Å². The maximum Gasteiger partial charge on any atom is 0.227 e. The van der Waals surface area contributed by atoms with Crippen molar-refractivity contribution in [3.05, 3.63) is 35.4 Å². The fourth-order valence-electron chi connectivity index (χ4n) is 1.35. The van der Waals surface area contributed by atoms with Gasteiger partial charge in [-0.1, -0.05) is 6.07 Å². The van der Waals surface area contributed by atoms with Crippen molar-refractivity contribution in [3.63, 3.8) is 0 Å². The molecule has 0 aliphatic heterocycles. The van der Waals surface area contributed by atoms with Gasteiger partial charge in [0, 0.05) is 19.6 Å². The van der Waals surface area contributed by atoms with E-state index >= 15 is 0 Å². The summed E-state index contributed by atoms with van der Waals surface area (Å²) < 4.78 is 25.6. The van der Waals surface area contributed by atoms with Crippen LogP contribution in [0.3, 0.4) is 0 Å². The number of halogens is 3. The highest BCUT2D eigenvalue weighted by Gasteiger charge is 2.15. The highest BCUT2D eigenvalue weighted by Crippen LogP contribution is 2.10. The number of rotatable bonds is 4. The minimum atomic E-state index is -0.940. The van der Waals surface area contributed by atoms with Crippen LogP contribution in [0.4, 0.5) is 8.78 Å². The molecule has 1 aromatic rings. The number of amides is 1. The Hall–Kier alpha value is -1.20. The van der Waals surface area contributed by atoms with Gasteiger partial charge in [0.15, 0.2) is 11.6 Å². The third kappa shape index (κ3) is 4.23. The number of likely N-dealkylation sites (N-methyl/N-ethyl adjacent to an activating group) is 1. The average Bonchev–Trinajstić information content (AvgIpc) is 2.31. The van der Waals surface area contributed by atoms with E-state index in [1.165, 1.54) is 11.0 Å². The second-order valence-corrected chi connectivity index (χ2v) is 4.01. The smallest absolute Gasteiger partial charge is 0.227 e. The van der Waals surface area contributed by atoms with Gasteiger partial charge < -0.3 is 10.6 Å². The molecule has 18 heavy (non-hydrogen) atoms. The topological polar surface area (TPSA) is 46.3 Å². The van der Waals surface area contributed by atoms with Gasteiger partial charge in [-0.25, -0.2) is 8.78 Å². The van der Waals surface area contributed by atoms with Gasteiger partial charge in [-0.3, -0.25) is 4.79 Å². The summed E-state index contributed by atoms with van der Waals surface area (Å²) >= 11 is 0. The fraction of sp³-hybridized carbons (Fsp3) is 0.417. The molecule has 1 amide bonds. The first kappa shape index (κ1) is 16.8. The minimum Gasteiger partial charge on any atom is -0.341 e. The van der Waals surface area contributed by atoms with Crippen LogP contribution in [0.2, 0.25) is 0 Å². The zero-order valence-electron chi connectivity index (χ0n) is 10.3. The van der Waals surface area contributed by atoms with E-state index < -0.39 is 11.6 Å². The molecule has 1 unspecified atom stereocenters. The van der Waals surface area contributed by atoms with Crippen LogP contribution < -0.4 is 5.73 Å². The first-order chi connectivity index (χ1) is 7.95. The standard InChI is InChI=1S/C12H16F2N2O.ClH/c1-8(7-15)16(2)12(17)6-9-3-4-10(13)11(14)5-9;/h3-5,8H,6-7,15H2,1-2H3;1H. The SMILES string of the molecule is CC(CN)N(C)C(=O)Cc1ccc(F)c(F)c1.Cl. The molecule has 0 aliphatic carbocycles. The Bertz CT molecular complexity index is 415. The molecule has 1 aromatic carbocycles. The molecule has 0 aromatic heterocycles. The first-order valence-electron chi connectivity index (χ1n) is 5.35. The minimum absolute atomic E-state index is 0. The molecule has 102 valence electrons. The monoisotopic (exact) mass is 278 g/mol. The van der Waals surface area contributed by atoms with Crippen LogP contribution >= 0.6 is 12.4 Å². The maximum absolute atomic E-state index is 12.9. The lowest BCUT2D eigenvalue weighted by Gasteiger charge is -2.23. The summed E-state index contributed by atoms with van der Waals surface area (Å²) in [6, 6.07) is 3.38. The first-order valence-corrected chi connectivity index (χ1v) is 5.35. The Balaban J connectivity index is 0.00000289. The molecule has 0 heterocycles. The van der Waals surface area contributed by atoms with Crippen LogP contribution in [-0.2, 0) is 11.2 Å². The summed E-state index contributed by atoms with van der Waals surface area (Å²) in [5.41, 5.74) is 5.89. The van der Waals surface area contributed by atoms with Crippen LogP contribution in [-0.4, -0.2) is 30.4 Å². The Kier molecular flexibility index (Phi) is 6.80. The number of hydrogen-bond acceptors (Lipinski definition) is 2. The Morgan fingerprint density at radius 3 is 2.50 bits per heavy atom. The van der Waals surface area contributed by atoms with Crippen molar-refractivity contribution in [2.45, 2.75) is 19.4 Å². The van der Waals surface area contributed by atoms with E-state index in [2.05, 4.69) is 0 Å². The van der Waals surface area contributed by atoms with Gasteiger partial charge in [0.2, 0.25) is 5.91 Å². The lowest BCUT2D eigenvalue weighted by atomic mass is 10.1. The van der Waals surface area contributed by atoms with Gasteiger partial charge in [-0.05, 0) is 24.6 Å². The average molecular weight is 279 g/mol. The van der Waals surface area contributed by atoms with Crippen LogP contribution in [0.25, 0.3) is 0 Å². The van der Waals surface area contributed by atoms with Gasteiger partial charge in [0.1, 0.15) is 0 Å². The normalized spacial score (nSPS) is 11.6. The number of hydrogen-bond donors (Lipinski definition) is 1. The maximum atomic E-state index is 12.9. The third-order valence-electron chi connectivity index (χ3n) is 2.74. The summed E-state index contributed by atoms with van der Waals surface area (Å²) in [4.78, 5) is 13.3. The molecule has 0 fully saturated rings. The third-order valence-corrected chi connectivity index (χ3v) is 2.74. The molecule has 1 rings (SSSR count). The molecule has 0 spiro atoms. The number of carbonyl (C=O) groups is 1. The molecule has 0 radical (unpaired) electrons. The summed E-state index contributed by atoms with van der Waals surface area (Å²) in [6.45, 7) is 2.18. The number of carbonyl (C=O) groups excluding carboxylic acids is 1. The molecule has 1 atom stereocenters. The molecule has 0 aliphatic rings. The summed E-state index contributed by atoms with van der Waals surface area (Å²) in [5, 5.41) is 0. The van der Waals surface area contributed by atoms with Crippen LogP contribution in [0.5, 0.6) is 0 Å². The molecule has 0 bridgehead atoms. The predicted octanol–water partition coefficient (Wildman–Crippen LogP) is 1.73. The Morgan fingerprint density at radius 2 is 2.00 bits per heavy atom. The molecule has 0 saturated heterocycles. The van der Waals surface area contributed by atoms with Crippen LogP contribution in [0.15, 0.2) is 18.2 Å². The fourth-order valence-corrected chi connectivity index (χ4v) is 1.35. The van der Waals surface area contributed by atoms with Gasteiger partial charge in [0.05, 0.1) is 6.42 Å². The molecular formula is C12H17ClF2N2O. The van der Waals surface area contributed by atoms with Crippen molar-refractivity contribution in [2.24, 2.45) is 5.73 Å². The van der Waals surface area contributed by atoms with Crippen molar-refractivity contribution in [1.82, 2.24) is 4.90 Å². The van der Waals surface area contributed by atoms with Crippen molar-refractivity contribution in [1.29, 1.82) is 0 Å². The largest absolute Gasteiger partial charge is 0.341 e. The number of benzene rings is 1. The molecule has 3 nitrogen and oxygen atoms in total. The van der Waals surface area contributed by atoms with Crippen molar-refractivity contribution in [3.8, 4) is 0 Å². The van der Waals surface area contributed by atoms with Gasteiger partial charge in [0.25, 0.3) is 0 Å². The van der Waals surface area contributed by atoms with Crippen molar-refractivity contribution >= 4 is 18.3 Å². The van der Waals surface area contributed by atoms with E-state index in [4.69, 9.17) is 5.73 Å². The van der Waals surface area contributed by atoms with E-state index in [0.29, 0.717) is 12.1 Å². The Morgan fingerprint density at radius 1 is 1.39 bits per heavy atom. The summed E-state index contributed by atoms with van der Waals surface area (Å²) in [5.74, 6) is -2.02. The summed E-state index contributed by atoms with van der Waals surface area (Å²) in [7, 11) is 1.64. The van der Waals surface area contributed by atoms with Gasteiger partial charge in [-0.15, -0.1) is 12.4 Å². The zero-order valence-corrected chi connectivity index (χ0v) is 11.1. The quantitative estimate of drug-likeness (QED) is 0.912. The summed E-state index contributed by atoms with van der Waals surface area (Å²) in [6.07, 6.45) is 0.0397. The van der Waals surface area contributed by atoms with Crippen LogP contribution in [0, 0.1) is 11.6 Å². The molecule has 0 saturated carbocycles. The van der Waals surface area contributed by atoms with E-state index in [-0.39, 0.29) is 30.8 Å². The molecule has 2 N–H and O–H groups in total. The molecule has 6 heteroatoms. The molecular weight excluding hydrogens is 262 g/mol. The van der Waals surface area contributed by atoms with E-state index in [9.17, 15) is 13.6 Å². The lowest BCUT2D eigenvalue weighted by molar-refractivity contribution is -0.130. The van der Waals surface area contributed by atoms with E-state index in [0.717, 1.165) is 12.1 Å². The van der Waals surface area contributed by atoms with Gasteiger partial charge in [-0.2, -0.15) is 0 Å². The van der Waals surface area contributed by atoms with E-state index in [1.54, 1.807) is 7.05 Å². The number of nitrogens with zero attached hydrogens (tertiary/aromatic N) is 1. The van der Waals surface area contributed by atoms with Crippen molar-refractivity contribution in [2.75, 3.05) is 13.6 Å². The van der Waals surface area contributed by atoms with Crippen molar-refractivity contribution < 1.29 is 13.6 Å². The predicted molar refractivity (Wildman–Crippen MR) is 68.6 cm³/mol. The number of nitrogens with two attached hydrogens (primary N) is 1. The zero-order chi connectivity index (χ0) is 13.0. The second-order valence-electron chi connectivity index (χ2n) is 4.01. The lowest BCUT2D eigenvalue weighted by Crippen LogP contribution is -2.40. The van der Waals surface area contributed by atoms with Crippen LogP contribution in [0.1, 0.15) is 12.5 Å². The highest BCUT2D eigenvalue weighted by atomic mass is 35.5. The van der Waals surface area contributed by atoms with E-state index in [1.807, 2.05) is 6.92 Å². The second kappa shape index (κ2) is 7.28.